The Morgan fingerprint density at radius 3 is 2.34 bits per heavy atom. The number of aryl methyl sites for hydroxylation is 1. The predicted octanol–water partition coefficient (Wildman–Crippen LogP) is 3.88. The van der Waals surface area contributed by atoms with Gasteiger partial charge in [0.05, 0.1) is 12.0 Å². The minimum absolute atomic E-state index is 0.0471. The average molecular weight is 476 g/mol. The molecule has 2 aromatic heterocycles. The molecule has 3 heterocycles. The Hall–Kier alpha value is -3.68. The summed E-state index contributed by atoms with van der Waals surface area (Å²) in [4.78, 5) is 31.5. The molecule has 8 heteroatoms. The molecule has 35 heavy (non-hydrogen) atoms. The molecule has 8 nitrogen and oxygen atoms in total. The first-order valence-corrected chi connectivity index (χ1v) is 12.2. The lowest BCUT2D eigenvalue weighted by molar-refractivity contribution is -0.132. The second kappa shape index (κ2) is 11.2. The van der Waals surface area contributed by atoms with Gasteiger partial charge in [0.1, 0.15) is 6.54 Å². The van der Waals surface area contributed by atoms with Crippen LogP contribution in [0.4, 0.5) is 5.82 Å². The zero-order valence-corrected chi connectivity index (χ0v) is 20.7. The van der Waals surface area contributed by atoms with Crippen LogP contribution in [0.2, 0.25) is 0 Å². The maximum Gasteiger partial charge on any atom is 0.290 e. The van der Waals surface area contributed by atoms with Crippen molar-refractivity contribution in [3.8, 4) is 11.3 Å². The van der Waals surface area contributed by atoms with Crippen LogP contribution in [0.15, 0.2) is 59.2 Å². The highest BCUT2D eigenvalue weighted by Crippen LogP contribution is 2.20. The number of furan rings is 1. The summed E-state index contributed by atoms with van der Waals surface area (Å²) in [5.41, 5.74) is 3.08. The third-order valence-electron chi connectivity index (χ3n) is 6.28. The van der Waals surface area contributed by atoms with Crippen LogP contribution in [0.1, 0.15) is 36.4 Å². The van der Waals surface area contributed by atoms with Crippen molar-refractivity contribution in [3.05, 3.63) is 66.1 Å². The molecule has 1 aliphatic rings. The molecule has 0 radical (unpaired) electrons. The van der Waals surface area contributed by atoms with Crippen molar-refractivity contribution in [3.63, 3.8) is 0 Å². The van der Waals surface area contributed by atoms with E-state index in [-0.39, 0.29) is 24.1 Å². The SMILES string of the molecule is Cc1ccc(-c2ccc(N3CCN(C(=O)CN(CCC(C)C)C(=O)c4ccco4)CC3)nn2)cc1. The minimum Gasteiger partial charge on any atom is -0.459 e. The Morgan fingerprint density at radius 1 is 1.00 bits per heavy atom. The fourth-order valence-corrected chi connectivity index (χ4v) is 4.04. The van der Waals surface area contributed by atoms with Crippen molar-refractivity contribution in [1.82, 2.24) is 20.0 Å². The van der Waals surface area contributed by atoms with E-state index in [0.29, 0.717) is 38.6 Å². The number of carbonyl (C=O) groups is 2. The summed E-state index contributed by atoms with van der Waals surface area (Å²) < 4.78 is 5.28. The van der Waals surface area contributed by atoms with E-state index in [1.807, 2.05) is 29.2 Å². The Labute approximate surface area is 206 Å². The van der Waals surface area contributed by atoms with E-state index in [9.17, 15) is 9.59 Å². The molecule has 184 valence electrons. The van der Waals surface area contributed by atoms with E-state index in [4.69, 9.17) is 4.42 Å². The van der Waals surface area contributed by atoms with Crippen LogP contribution >= 0.6 is 0 Å². The number of amides is 2. The summed E-state index contributed by atoms with van der Waals surface area (Å²) in [6.45, 7) is 9.33. The van der Waals surface area contributed by atoms with Crippen molar-refractivity contribution in [2.24, 2.45) is 5.92 Å². The number of benzene rings is 1. The number of hydrogen-bond acceptors (Lipinski definition) is 6. The summed E-state index contributed by atoms with van der Waals surface area (Å²) in [6.07, 6.45) is 2.30. The first-order valence-electron chi connectivity index (χ1n) is 12.2. The fraction of sp³-hybridized carbons (Fsp3) is 0.407. The second-order valence-corrected chi connectivity index (χ2v) is 9.40. The molecular weight excluding hydrogens is 442 g/mol. The summed E-state index contributed by atoms with van der Waals surface area (Å²) in [6, 6.07) is 15.5. The van der Waals surface area contributed by atoms with Gasteiger partial charge in [-0.15, -0.1) is 10.2 Å². The zero-order valence-electron chi connectivity index (χ0n) is 20.7. The largest absolute Gasteiger partial charge is 0.459 e. The third-order valence-corrected chi connectivity index (χ3v) is 6.28. The van der Waals surface area contributed by atoms with Crippen LogP contribution in [-0.2, 0) is 4.79 Å². The van der Waals surface area contributed by atoms with Crippen molar-refractivity contribution in [1.29, 1.82) is 0 Å². The van der Waals surface area contributed by atoms with E-state index < -0.39 is 0 Å². The van der Waals surface area contributed by atoms with E-state index in [0.717, 1.165) is 23.5 Å². The maximum atomic E-state index is 13.1. The Morgan fingerprint density at radius 2 is 1.74 bits per heavy atom. The van der Waals surface area contributed by atoms with Gasteiger partial charge in [-0.1, -0.05) is 43.7 Å². The van der Waals surface area contributed by atoms with Gasteiger partial charge in [0.15, 0.2) is 11.6 Å². The van der Waals surface area contributed by atoms with Crippen LogP contribution in [0, 0.1) is 12.8 Å². The molecule has 0 unspecified atom stereocenters. The molecule has 1 aromatic carbocycles. The molecule has 1 aliphatic heterocycles. The standard InChI is InChI=1S/C27H33N5O3/c1-20(2)12-13-32(27(34)24-5-4-18-35-24)19-26(33)31-16-14-30(15-17-31)25-11-10-23(28-29-25)22-8-6-21(3)7-9-22/h4-11,18,20H,12-17,19H2,1-3H3. The molecule has 0 saturated carbocycles. The number of hydrogen-bond donors (Lipinski definition) is 0. The highest BCUT2D eigenvalue weighted by molar-refractivity contribution is 5.94. The van der Waals surface area contributed by atoms with Crippen molar-refractivity contribution >= 4 is 17.6 Å². The molecule has 0 N–H and O–H groups in total. The summed E-state index contributed by atoms with van der Waals surface area (Å²) in [5.74, 6) is 1.21. The fourth-order valence-electron chi connectivity index (χ4n) is 4.04. The van der Waals surface area contributed by atoms with E-state index >= 15 is 0 Å². The van der Waals surface area contributed by atoms with Gasteiger partial charge < -0.3 is 19.1 Å². The predicted molar refractivity (Wildman–Crippen MR) is 135 cm³/mol. The first kappa shape index (κ1) is 24.4. The van der Waals surface area contributed by atoms with Gasteiger partial charge in [0, 0.05) is 38.3 Å². The van der Waals surface area contributed by atoms with Crippen LogP contribution < -0.4 is 4.90 Å². The molecule has 1 saturated heterocycles. The lowest BCUT2D eigenvalue weighted by atomic mass is 10.1. The number of aromatic nitrogens is 2. The number of carbonyl (C=O) groups excluding carboxylic acids is 2. The van der Waals surface area contributed by atoms with Gasteiger partial charge in [0.25, 0.3) is 5.91 Å². The van der Waals surface area contributed by atoms with Crippen LogP contribution in [0.25, 0.3) is 11.3 Å². The van der Waals surface area contributed by atoms with Gasteiger partial charge in [-0.25, -0.2) is 0 Å². The summed E-state index contributed by atoms with van der Waals surface area (Å²) in [7, 11) is 0. The van der Waals surface area contributed by atoms with Crippen molar-refractivity contribution in [2.75, 3.05) is 44.2 Å². The van der Waals surface area contributed by atoms with Gasteiger partial charge >= 0.3 is 0 Å². The third kappa shape index (κ3) is 6.26. The minimum atomic E-state index is -0.244. The van der Waals surface area contributed by atoms with Gasteiger partial charge in [-0.3, -0.25) is 9.59 Å². The number of nitrogens with zero attached hydrogens (tertiary/aromatic N) is 5. The molecule has 0 spiro atoms. The summed E-state index contributed by atoms with van der Waals surface area (Å²) in [5, 5.41) is 8.82. The van der Waals surface area contributed by atoms with Gasteiger partial charge in [-0.2, -0.15) is 0 Å². The average Bonchev–Trinajstić information content (AvgIpc) is 3.42. The smallest absolute Gasteiger partial charge is 0.290 e. The lowest BCUT2D eigenvalue weighted by Gasteiger charge is -2.36. The normalized spacial score (nSPS) is 13.8. The van der Waals surface area contributed by atoms with E-state index in [1.54, 1.807) is 17.0 Å². The Bertz CT molecular complexity index is 1100. The highest BCUT2D eigenvalue weighted by atomic mass is 16.3. The van der Waals surface area contributed by atoms with Crippen molar-refractivity contribution < 1.29 is 14.0 Å². The summed E-state index contributed by atoms with van der Waals surface area (Å²) >= 11 is 0. The van der Waals surface area contributed by atoms with Crippen LogP contribution in [0.3, 0.4) is 0 Å². The van der Waals surface area contributed by atoms with Crippen LogP contribution in [-0.4, -0.2) is 71.1 Å². The highest BCUT2D eigenvalue weighted by Gasteiger charge is 2.26. The number of anilines is 1. The second-order valence-electron chi connectivity index (χ2n) is 9.40. The Kier molecular flexibility index (Phi) is 7.80. The molecule has 0 bridgehead atoms. The monoisotopic (exact) mass is 475 g/mol. The number of piperazine rings is 1. The van der Waals surface area contributed by atoms with Crippen molar-refractivity contribution in [2.45, 2.75) is 27.2 Å². The first-order chi connectivity index (χ1) is 16.9. The van der Waals surface area contributed by atoms with Gasteiger partial charge in [-0.05, 0) is 43.5 Å². The molecule has 4 rings (SSSR count). The molecule has 3 aromatic rings. The van der Waals surface area contributed by atoms with E-state index in [2.05, 4.69) is 48.0 Å². The zero-order chi connectivity index (χ0) is 24.8. The maximum absolute atomic E-state index is 13.1. The number of rotatable bonds is 8. The molecule has 2 amide bonds. The quantitative estimate of drug-likeness (QED) is 0.492. The van der Waals surface area contributed by atoms with Crippen LogP contribution in [0.5, 0.6) is 0 Å². The molecule has 1 fully saturated rings. The van der Waals surface area contributed by atoms with Gasteiger partial charge in [0.2, 0.25) is 5.91 Å². The topological polar surface area (TPSA) is 82.8 Å². The Balaban J connectivity index is 1.33. The van der Waals surface area contributed by atoms with E-state index in [1.165, 1.54) is 11.8 Å². The molecular formula is C27H33N5O3. The molecule has 0 aliphatic carbocycles. The molecule has 0 atom stereocenters. The lowest BCUT2D eigenvalue weighted by Crippen LogP contribution is -2.52.